The zero-order valence-corrected chi connectivity index (χ0v) is 20.8. The van der Waals surface area contributed by atoms with Crippen molar-refractivity contribution in [2.45, 2.75) is 50.8 Å². The lowest BCUT2D eigenvalue weighted by atomic mass is 9.86. The van der Waals surface area contributed by atoms with Gasteiger partial charge in [-0.2, -0.15) is 0 Å². The van der Waals surface area contributed by atoms with Crippen LogP contribution < -0.4 is 10.0 Å². The molecule has 0 aliphatic heterocycles. The molecule has 3 aromatic rings. The van der Waals surface area contributed by atoms with Gasteiger partial charge in [0.1, 0.15) is 0 Å². The smallest absolute Gasteiger partial charge is 0.261 e. The number of carbonyl (C=O) groups excluding carboxylic acids is 1. The van der Waals surface area contributed by atoms with Crippen molar-refractivity contribution in [3.05, 3.63) is 88.4 Å². The van der Waals surface area contributed by atoms with Crippen molar-refractivity contribution in [2.24, 2.45) is 0 Å². The van der Waals surface area contributed by atoms with E-state index in [0.717, 1.165) is 11.1 Å². The van der Waals surface area contributed by atoms with E-state index in [2.05, 4.69) is 55.1 Å². The second kappa shape index (κ2) is 9.98. The molecule has 0 bridgehead atoms. The number of aryl methyl sites for hydroxylation is 2. The lowest BCUT2D eigenvalue weighted by molar-refractivity contribution is -0.116. The first-order valence-corrected chi connectivity index (χ1v) is 12.6. The number of sulfonamides is 1. The lowest BCUT2D eigenvalue weighted by Crippen LogP contribution is -2.15. The predicted molar refractivity (Wildman–Crippen MR) is 136 cm³/mol. The van der Waals surface area contributed by atoms with Crippen molar-refractivity contribution in [1.82, 2.24) is 0 Å². The maximum Gasteiger partial charge on any atom is 0.261 e. The van der Waals surface area contributed by atoms with Crippen LogP contribution in [0, 0.1) is 6.92 Å². The van der Waals surface area contributed by atoms with Crippen LogP contribution in [0.25, 0.3) is 0 Å². The Bertz CT molecular complexity index is 1230. The van der Waals surface area contributed by atoms with Crippen LogP contribution in [0.4, 0.5) is 11.4 Å². The van der Waals surface area contributed by atoms with Gasteiger partial charge in [-0.05, 0) is 71.8 Å². The minimum Gasteiger partial charge on any atom is -0.326 e. The number of rotatable bonds is 7. The van der Waals surface area contributed by atoms with E-state index < -0.39 is 10.0 Å². The second-order valence-corrected chi connectivity index (χ2v) is 11.2. The molecule has 0 aromatic heterocycles. The number of benzene rings is 3. The molecule has 0 heterocycles. The number of anilines is 2. The molecular formula is C26H29ClN2O3S. The highest BCUT2D eigenvalue weighted by atomic mass is 35.5. The summed E-state index contributed by atoms with van der Waals surface area (Å²) >= 11 is 5.98. The fourth-order valence-corrected chi connectivity index (χ4v) is 4.57. The molecule has 0 aliphatic rings. The van der Waals surface area contributed by atoms with Crippen molar-refractivity contribution in [1.29, 1.82) is 0 Å². The van der Waals surface area contributed by atoms with Gasteiger partial charge in [0.15, 0.2) is 0 Å². The van der Waals surface area contributed by atoms with Gasteiger partial charge in [0.2, 0.25) is 5.91 Å². The molecule has 3 rings (SSSR count). The highest BCUT2D eigenvalue weighted by molar-refractivity contribution is 7.92. The Morgan fingerprint density at radius 1 is 0.939 bits per heavy atom. The maximum absolute atomic E-state index is 12.7. The van der Waals surface area contributed by atoms with Crippen molar-refractivity contribution in [3.8, 4) is 0 Å². The van der Waals surface area contributed by atoms with Crippen LogP contribution in [0.1, 0.15) is 43.9 Å². The Kier molecular flexibility index (Phi) is 7.50. The Labute approximate surface area is 201 Å². The van der Waals surface area contributed by atoms with Gasteiger partial charge in [-0.15, -0.1) is 0 Å². The second-order valence-electron chi connectivity index (χ2n) is 9.08. The number of halogens is 1. The normalized spacial score (nSPS) is 11.8. The summed E-state index contributed by atoms with van der Waals surface area (Å²) in [5.41, 5.74) is 4.18. The van der Waals surface area contributed by atoms with Gasteiger partial charge in [-0.25, -0.2) is 8.42 Å². The summed E-state index contributed by atoms with van der Waals surface area (Å²) in [7, 11) is -3.78. The maximum atomic E-state index is 12.7. The SMILES string of the molecule is Cc1ccc(Cl)cc1NS(=O)(=O)c1ccc(NC(=O)CCc2ccc(C(C)(C)C)cc2)cc1. The number of hydrogen-bond acceptors (Lipinski definition) is 3. The highest BCUT2D eigenvalue weighted by Crippen LogP contribution is 2.25. The summed E-state index contributed by atoms with van der Waals surface area (Å²) in [6.45, 7) is 8.30. The molecule has 33 heavy (non-hydrogen) atoms. The summed E-state index contributed by atoms with van der Waals surface area (Å²) in [6, 6.07) is 19.4. The fourth-order valence-electron chi connectivity index (χ4n) is 3.28. The van der Waals surface area contributed by atoms with Gasteiger partial charge in [-0.3, -0.25) is 9.52 Å². The minimum atomic E-state index is -3.78. The third-order valence-corrected chi connectivity index (χ3v) is 6.97. The molecule has 3 aromatic carbocycles. The van der Waals surface area contributed by atoms with E-state index in [1.165, 1.54) is 17.7 Å². The van der Waals surface area contributed by atoms with Crippen LogP contribution in [-0.4, -0.2) is 14.3 Å². The van der Waals surface area contributed by atoms with E-state index in [-0.39, 0.29) is 16.2 Å². The van der Waals surface area contributed by atoms with Crippen LogP contribution in [0.3, 0.4) is 0 Å². The first-order chi connectivity index (χ1) is 15.4. The zero-order chi connectivity index (χ0) is 24.2. The minimum absolute atomic E-state index is 0.0953. The summed E-state index contributed by atoms with van der Waals surface area (Å²) in [5, 5.41) is 3.27. The third-order valence-electron chi connectivity index (χ3n) is 5.35. The Hall–Kier alpha value is -2.83. The molecule has 0 atom stereocenters. The first-order valence-electron chi connectivity index (χ1n) is 10.7. The van der Waals surface area contributed by atoms with Crippen molar-refractivity contribution in [2.75, 3.05) is 10.0 Å². The van der Waals surface area contributed by atoms with Gasteiger partial charge in [0.25, 0.3) is 10.0 Å². The molecule has 0 fully saturated rings. The lowest BCUT2D eigenvalue weighted by Gasteiger charge is -2.19. The zero-order valence-electron chi connectivity index (χ0n) is 19.3. The molecule has 0 unspecified atom stereocenters. The molecule has 0 spiro atoms. The van der Waals surface area contributed by atoms with Crippen LogP contribution in [0.2, 0.25) is 5.02 Å². The van der Waals surface area contributed by atoms with Gasteiger partial charge >= 0.3 is 0 Å². The van der Waals surface area contributed by atoms with Crippen molar-refractivity contribution in [3.63, 3.8) is 0 Å². The van der Waals surface area contributed by atoms with Crippen LogP contribution in [0.5, 0.6) is 0 Å². The predicted octanol–water partition coefficient (Wildman–Crippen LogP) is 6.32. The molecule has 0 saturated heterocycles. The number of amides is 1. The molecule has 2 N–H and O–H groups in total. The summed E-state index contributed by atoms with van der Waals surface area (Å²) in [4.78, 5) is 12.4. The van der Waals surface area contributed by atoms with Crippen LogP contribution in [-0.2, 0) is 26.7 Å². The Balaban J connectivity index is 1.58. The number of nitrogens with one attached hydrogen (secondary N) is 2. The van der Waals surface area contributed by atoms with E-state index in [1.807, 2.05) is 0 Å². The van der Waals surface area contributed by atoms with Crippen molar-refractivity contribution >= 4 is 38.9 Å². The van der Waals surface area contributed by atoms with Crippen molar-refractivity contribution < 1.29 is 13.2 Å². The van der Waals surface area contributed by atoms with E-state index in [4.69, 9.17) is 11.6 Å². The first kappa shape index (κ1) is 24.8. The Morgan fingerprint density at radius 3 is 2.18 bits per heavy atom. The summed E-state index contributed by atoms with van der Waals surface area (Å²) < 4.78 is 28.0. The molecule has 0 radical (unpaired) electrons. The number of carbonyl (C=O) groups is 1. The quantitative estimate of drug-likeness (QED) is 0.412. The van der Waals surface area contributed by atoms with Gasteiger partial charge in [-0.1, -0.05) is 62.7 Å². The van der Waals surface area contributed by atoms with Gasteiger partial charge in [0.05, 0.1) is 10.6 Å². The Morgan fingerprint density at radius 2 is 1.58 bits per heavy atom. The van der Waals surface area contributed by atoms with Crippen LogP contribution >= 0.6 is 11.6 Å². The number of hydrogen-bond donors (Lipinski definition) is 2. The summed E-state index contributed by atoms with van der Waals surface area (Å²) in [6.07, 6.45) is 0.968. The molecule has 5 nitrogen and oxygen atoms in total. The standard InChI is InChI=1S/C26H29ClN2O3S/c1-18-5-11-21(27)17-24(18)29-33(31,32)23-14-12-22(13-15-23)28-25(30)16-8-19-6-9-20(10-7-19)26(2,3)4/h5-7,9-15,17,29H,8,16H2,1-4H3,(H,28,30). The summed E-state index contributed by atoms with van der Waals surface area (Å²) in [5.74, 6) is -0.127. The van der Waals surface area contributed by atoms with E-state index in [1.54, 1.807) is 37.3 Å². The largest absolute Gasteiger partial charge is 0.326 e. The monoisotopic (exact) mass is 484 g/mol. The average molecular weight is 485 g/mol. The molecule has 7 heteroatoms. The van der Waals surface area contributed by atoms with E-state index >= 15 is 0 Å². The van der Waals surface area contributed by atoms with E-state index in [0.29, 0.717) is 29.2 Å². The van der Waals surface area contributed by atoms with Gasteiger partial charge < -0.3 is 5.32 Å². The van der Waals surface area contributed by atoms with Crippen LogP contribution in [0.15, 0.2) is 71.6 Å². The topological polar surface area (TPSA) is 75.3 Å². The molecule has 0 aliphatic carbocycles. The highest BCUT2D eigenvalue weighted by Gasteiger charge is 2.16. The van der Waals surface area contributed by atoms with Gasteiger partial charge in [0, 0.05) is 17.1 Å². The molecule has 1 amide bonds. The molecule has 0 saturated carbocycles. The molecule has 174 valence electrons. The third kappa shape index (κ3) is 6.83. The fraction of sp³-hybridized carbons (Fsp3) is 0.269. The molecular weight excluding hydrogens is 456 g/mol. The van der Waals surface area contributed by atoms with E-state index in [9.17, 15) is 13.2 Å². The average Bonchev–Trinajstić information content (AvgIpc) is 2.75.